The van der Waals surface area contributed by atoms with E-state index in [0.29, 0.717) is 0 Å². The summed E-state index contributed by atoms with van der Waals surface area (Å²) < 4.78 is 26.8. The van der Waals surface area contributed by atoms with Gasteiger partial charge in [0, 0.05) is 6.42 Å². The maximum Gasteiger partial charge on any atom is 0.255 e. The predicted octanol–water partition coefficient (Wildman–Crippen LogP) is 2.10. The minimum Gasteiger partial charge on any atom is -0.368 e. The second-order valence-corrected chi connectivity index (χ2v) is 5.22. The Bertz CT molecular complexity index is 730. The van der Waals surface area contributed by atoms with Crippen molar-refractivity contribution in [1.82, 2.24) is 5.32 Å². The zero-order valence-electron chi connectivity index (χ0n) is 12.5. The maximum atomic E-state index is 13.6. The zero-order valence-corrected chi connectivity index (χ0v) is 12.5. The average molecular weight is 318 g/mol. The van der Waals surface area contributed by atoms with Gasteiger partial charge in [0.05, 0.1) is 5.56 Å². The van der Waals surface area contributed by atoms with Gasteiger partial charge in [0.1, 0.15) is 6.04 Å². The molecule has 0 aliphatic rings. The van der Waals surface area contributed by atoms with Crippen molar-refractivity contribution in [3.63, 3.8) is 0 Å². The van der Waals surface area contributed by atoms with Gasteiger partial charge in [0.25, 0.3) is 5.91 Å². The molecule has 1 atom stereocenters. The minimum atomic E-state index is -1.26. The van der Waals surface area contributed by atoms with Crippen molar-refractivity contribution in [2.45, 2.75) is 19.4 Å². The normalized spacial score (nSPS) is 11.8. The third-order valence-corrected chi connectivity index (χ3v) is 3.41. The van der Waals surface area contributed by atoms with E-state index in [0.717, 1.165) is 23.3 Å². The number of aryl methyl sites for hydroxylation is 1. The van der Waals surface area contributed by atoms with E-state index < -0.39 is 35.1 Å². The number of hydrogen-bond acceptors (Lipinski definition) is 2. The molecule has 2 aromatic carbocycles. The summed E-state index contributed by atoms with van der Waals surface area (Å²) in [5, 5.41) is 2.34. The fraction of sp³-hybridized carbons (Fsp3) is 0.176. The largest absolute Gasteiger partial charge is 0.368 e. The molecule has 23 heavy (non-hydrogen) atoms. The number of nitrogens with one attached hydrogen (secondary N) is 1. The summed E-state index contributed by atoms with van der Waals surface area (Å²) in [5.41, 5.74) is 6.66. The van der Waals surface area contributed by atoms with E-state index in [-0.39, 0.29) is 6.42 Å². The van der Waals surface area contributed by atoms with E-state index in [9.17, 15) is 18.4 Å². The molecule has 0 saturated heterocycles. The van der Waals surface area contributed by atoms with Crippen molar-refractivity contribution < 1.29 is 18.4 Å². The molecule has 0 saturated carbocycles. The fourth-order valence-corrected chi connectivity index (χ4v) is 2.10. The quantitative estimate of drug-likeness (QED) is 0.886. The van der Waals surface area contributed by atoms with Gasteiger partial charge in [-0.25, -0.2) is 8.78 Å². The molecule has 0 unspecified atom stereocenters. The molecule has 0 bridgehead atoms. The smallest absolute Gasteiger partial charge is 0.255 e. The van der Waals surface area contributed by atoms with Gasteiger partial charge in [-0.05, 0) is 24.6 Å². The van der Waals surface area contributed by atoms with Crippen molar-refractivity contribution in [1.29, 1.82) is 0 Å². The van der Waals surface area contributed by atoms with Crippen LogP contribution < -0.4 is 11.1 Å². The van der Waals surface area contributed by atoms with Crippen LogP contribution in [0.4, 0.5) is 8.78 Å². The lowest BCUT2D eigenvalue weighted by Gasteiger charge is -2.16. The highest BCUT2D eigenvalue weighted by Gasteiger charge is 2.22. The highest BCUT2D eigenvalue weighted by atomic mass is 19.2. The number of carbonyl (C=O) groups excluding carboxylic acids is 2. The maximum absolute atomic E-state index is 13.6. The standard InChI is InChI=1S/C17H16F2N2O2/c1-10-5-7-11(8-6-10)9-14(16(20)22)21-17(23)12-3-2-4-13(18)15(12)19/h2-8,14H,9H2,1H3,(H2,20,22)(H,21,23)/t14-/m0/s1. The Morgan fingerprint density at radius 1 is 1.13 bits per heavy atom. The van der Waals surface area contributed by atoms with Crippen LogP contribution in [0.1, 0.15) is 21.5 Å². The number of primary amides is 1. The molecule has 0 fully saturated rings. The third-order valence-electron chi connectivity index (χ3n) is 3.41. The second-order valence-electron chi connectivity index (χ2n) is 5.22. The summed E-state index contributed by atoms with van der Waals surface area (Å²) in [7, 11) is 0. The molecule has 4 nitrogen and oxygen atoms in total. The predicted molar refractivity (Wildman–Crippen MR) is 81.7 cm³/mol. The number of hydrogen-bond donors (Lipinski definition) is 2. The molecule has 2 aromatic rings. The molecule has 0 radical (unpaired) electrons. The Labute approximate surface area is 132 Å². The molecule has 0 aromatic heterocycles. The van der Waals surface area contributed by atoms with Gasteiger partial charge in [-0.3, -0.25) is 9.59 Å². The van der Waals surface area contributed by atoms with Gasteiger partial charge in [-0.2, -0.15) is 0 Å². The third kappa shape index (κ3) is 4.12. The number of carbonyl (C=O) groups is 2. The topological polar surface area (TPSA) is 72.2 Å². The van der Waals surface area contributed by atoms with E-state index in [4.69, 9.17) is 5.73 Å². The summed E-state index contributed by atoms with van der Waals surface area (Å²) in [4.78, 5) is 23.6. The highest BCUT2D eigenvalue weighted by molar-refractivity contribution is 5.97. The molecule has 0 aliphatic carbocycles. The van der Waals surface area contributed by atoms with Crippen LogP contribution in [0.3, 0.4) is 0 Å². The van der Waals surface area contributed by atoms with E-state index in [1.165, 1.54) is 6.07 Å². The number of rotatable bonds is 5. The van der Waals surface area contributed by atoms with Crippen molar-refractivity contribution in [2.24, 2.45) is 5.73 Å². The molecular weight excluding hydrogens is 302 g/mol. The average Bonchev–Trinajstić information content (AvgIpc) is 2.51. The number of benzene rings is 2. The molecule has 0 aliphatic heterocycles. The lowest BCUT2D eigenvalue weighted by Crippen LogP contribution is -2.46. The molecule has 3 N–H and O–H groups in total. The van der Waals surface area contributed by atoms with Gasteiger partial charge >= 0.3 is 0 Å². The summed E-state index contributed by atoms with van der Waals surface area (Å²) in [6, 6.07) is 9.57. The Hall–Kier alpha value is -2.76. The summed E-state index contributed by atoms with van der Waals surface area (Å²) in [6.07, 6.45) is 0.165. The molecule has 2 rings (SSSR count). The van der Waals surface area contributed by atoms with Gasteiger partial charge < -0.3 is 11.1 Å². The molecule has 0 heterocycles. The Morgan fingerprint density at radius 2 is 1.78 bits per heavy atom. The van der Waals surface area contributed by atoms with Crippen molar-refractivity contribution >= 4 is 11.8 Å². The van der Waals surface area contributed by atoms with Gasteiger partial charge in [0.2, 0.25) is 5.91 Å². The van der Waals surface area contributed by atoms with Crippen LogP contribution in [0.5, 0.6) is 0 Å². The van der Waals surface area contributed by atoms with Crippen LogP contribution in [0.2, 0.25) is 0 Å². The Morgan fingerprint density at radius 3 is 2.39 bits per heavy atom. The lowest BCUT2D eigenvalue weighted by atomic mass is 10.0. The van der Waals surface area contributed by atoms with Crippen LogP contribution in [0.25, 0.3) is 0 Å². The Balaban J connectivity index is 2.16. The first-order chi connectivity index (χ1) is 10.9. The van der Waals surface area contributed by atoms with Gasteiger partial charge in [-0.15, -0.1) is 0 Å². The summed E-state index contributed by atoms with van der Waals surface area (Å²) in [5.74, 6) is -4.04. The Kier molecular flexibility index (Phi) is 5.05. The van der Waals surface area contributed by atoms with Crippen molar-refractivity contribution in [3.05, 3.63) is 70.8 Å². The molecule has 2 amide bonds. The number of amides is 2. The SMILES string of the molecule is Cc1ccc(C[C@H](NC(=O)c2cccc(F)c2F)C(N)=O)cc1. The van der Waals surface area contributed by atoms with Crippen LogP contribution in [0.15, 0.2) is 42.5 Å². The first kappa shape index (κ1) is 16.6. The molecular formula is C17H16F2N2O2. The minimum absolute atomic E-state index is 0.165. The number of nitrogens with two attached hydrogens (primary N) is 1. The van der Waals surface area contributed by atoms with Gasteiger partial charge in [-0.1, -0.05) is 35.9 Å². The highest BCUT2D eigenvalue weighted by Crippen LogP contribution is 2.12. The molecule has 6 heteroatoms. The van der Waals surface area contributed by atoms with Crippen LogP contribution in [0, 0.1) is 18.6 Å². The van der Waals surface area contributed by atoms with Crippen LogP contribution in [-0.2, 0) is 11.2 Å². The van der Waals surface area contributed by atoms with E-state index in [1.54, 1.807) is 12.1 Å². The first-order valence-electron chi connectivity index (χ1n) is 6.98. The zero-order chi connectivity index (χ0) is 17.0. The van der Waals surface area contributed by atoms with Crippen LogP contribution in [-0.4, -0.2) is 17.9 Å². The molecule has 0 spiro atoms. The first-order valence-corrected chi connectivity index (χ1v) is 6.98. The van der Waals surface area contributed by atoms with Crippen LogP contribution >= 0.6 is 0 Å². The summed E-state index contributed by atoms with van der Waals surface area (Å²) >= 11 is 0. The number of halogens is 2. The van der Waals surface area contributed by atoms with E-state index >= 15 is 0 Å². The van der Waals surface area contributed by atoms with Crippen molar-refractivity contribution in [3.8, 4) is 0 Å². The monoisotopic (exact) mass is 318 g/mol. The summed E-state index contributed by atoms with van der Waals surface area (Å²) in [6.45, 7) is 1.92. The van der Waals surface area contributed by atoms with E-state index in [1.807, 2.05) is 19.1 Å². The fourth-order valence-electron chi connectivity index (χ4n) is 2.10. The van der Waals surface area contributed by atoms with E-state index in [2.05, 4.69) is 5.32 Å². The second kappa shape index (κ2) is 7.00. The van der Waals surface area contributed by atoms with Gasteiger partial charge in [0.15, 0.2) is 11.6 Å². The lowest BCUT2D eigenvalue weighted by molar-refractivity contribution is -0.119. The van der Waals surface area contributed by atoms with Crippen molar-refractivity contribution in [2.75, 3.05) is 0 Å². The molecule has 120 valence electrons.